The Bertz CT molecular complexity index is 1880. The number of esters is 4. The van der Waals surface area contributed by atoms with E-state index in [1.165, 1.54) is 60.8 Å². The summed E-state index contributed by atoms with van der Waals surface area (Å²) in [6.45, 7) is 12.9. The van der Waals surface area contributed by atoms with Gasteiger partial charge in [0, 0.05) is 2.85 Å². The molecule has 348 valence electrons. The van der Waals surface area contributed by atoms with Crippen LogP contribution in [0.5, 0.6) is 23.0 Å². The smallest absolute Gasteiger partial charge is 0.314 e. The first kappa shape index (κ1) is 49.8. The van der Waals surface area contributed by atoms with Gasteiger partial charge in [-0.15, -0.1) is 0 Å². The standard InChI is InChI=1S/C30H40O4.C26H32O4.2H2/c1-3-5-7-9-23-11-19-27(20-12-23)33-29(31)25-15-17-26(18-16-25)30(32)34-28-21-13-24(14-22-28)10-8-6-4-2;1-17(2)19-9-13-23(14-10-19)29-25(27)21-5-7-22(8-6-21)26(28)30-24-15-11-20(12-16-24)18(3)4;;/h11-14,19-22,25-26H,3-10,15-18H2,1-2H3;9-18,21-22H,5-8H2,1-4H3;2*1H. The van der Waals surface area contributed by atoms with Gasteiger partial charge >= 0.3 is 23.9 Å². The third kappa shape index (κ3) is 16.1. The second-order valence-electron chi connectivity index (χ2n) is 18.4. The van der Waals surface area contributed by atoms with Crippen molar-refractivity contribution in [2.24, 2.45) is 23.7 Å². The highest BCUT2D eigenvalue weighted by atomic mass is 16.5. The minimum Gasteiger partial charge on any atom is -0.426 e. The summed E-state index contributed by atoms with van der Waals surface area (Å²) in [5.41, 5.74) is 4.98. The van der Waals surface area contributed by atoms with Crippen LogP contribution in [0.3, 0.4) is 0 Å². The molecule has 6 rings (SSSR count). The zero-order valence-electron chi connectivity index (χ0n) is 39.3. The molecule has 0 aliphatic heterocycles. The number of hydrogen-bond acceptors (Lipinski definition) is 8. The number of ether oxygens (including phenoxy) is 4. The van der Waals surface area contributed by atoms with Crippen molar-refractivity contribution in [2.75, 3.05) is 0 Å². The lowest BCUT2D eigenvalue weighted by Gasteiger charge is -2.25. The molecule has 0 amide bonds. The maximum Gasteiger partial charge on any atom is 0.314 e. The summed E-state index contributed by atoms with van der Waals surface area (Å²) in [6.07, 6.45) is 14.6. The molecule has 0 N–H and O–H groups in total. The Morgan fingerprint density at radius 3 is 0.859 bits per heavy atom. The van der Waals surface area contributed by atoms with Crippen LogP contribution in [0.25, 0.3) is 0 Å². The average molecular weight is 877 g/mol. The lowest BCUT2D eigenvalue weighted by molar-refractivity contribution is -0.145. The number of unbranched alkanes of at least 4 members (excludes halogenated alkanes) is 4. The molecule has 2 aliphatic rings. The summed E-state index contributed by atoms with van der Waals surface area (Å²) in [5, 5.41) is 0. The lowest BCUT2D eigenvalue weighted by atomic mass is 9.82. The molecular formula is C56H76O8. The predicted octanol–water partition coefficient (Wildman–Crippen LogP) is 14.2. The van der Waals surface area contributed by atoms with Crippen LogP contribution in [-0.4, -0.2) is 23.9 Å². The molecule has 2 saturated carbocycles. The molecule has 64 heavy (non-hydrogen) atoms. The highest BCUT2D eigenvalue weighted by molar-refractivity contribution is 5.79. The Labute approximate surface area is 385 Å². The number of carbonyl (C=O) groups is 4. The number of benzene rings is 4. The van der Waals surface area contributed by atoms with Crippen molar-refractivity contribution in [1.82, 2.24) is 0 Å². The maximum absolute atomic E-state index is 12.6. The molecular weight excluding hydrogens is 801 g/mol. The second kappa shape index (κ2) is 25.9. The van der Waals surface area contributed by atoms with Gasteiger partial charge in [-0.1, -0.05) is 116 Å². The molecule has 0 saturated heterocycles. The van der Waals surface area contributed by atoms with E-state index in [1.54, 1.807) is 0 Å². The van der Waals surface area contributed by atoms with Crippen molar-refractivity contribution in [3.8, 4) is 23.0 Å². The molecule has 0 radical (unpaired) electrons. The second-order valence-corrected chi connectivity index (χ2v) is 18.4. The highest BCUT2D eigenvalue weighted by Crippen LogP contribution is 2.33. The minimum atomic E-state index is -0.205. The molecule has 0 unspecified atom stereocenters. The fourth-order valence-corrected chi connectivity index (χ4v) is 8.38. The molecule has 0 bridgehead atoms. The first-order valence-electron chi connectivity index (χ1n) is 24.2. The van der Waals surface area contributed by atoms with Gasteiger partial charge in [0.15, 0.2) is 0 Å². The Kier molecular flexibility index (Phi) is 20.1. The van der Waals surface area contributed by atoms with Crippen molar-refractivity contribution >= 4 is 23.9 Å². The third-order valence-electron chi connectivity index (χ3n) is 12.7. The Morgan fingerprint density at radius 1 is 0.406 bits per heavy atom. The van der Waals surface area contributed by atoms with Gasteiger partial charge in [0.2, 0.25) is 0 Å². The monoisotopic (exact) mass is 877 g/mol. The van der Waals surface area contributed by atoms with E-state index in [1.807, 2.05) is 97.1 Å². The quantitative estimate of drug-likeness (QED) is 0.0553. The molecule has 8 heteroatoms. The molecule has 0 atom stereocenters. The molecule has 8 nitrogen and oxygen atoms in total. The van der Waals surface area contributed by atoms with Crippen molar-refractivity contribution in [3.05, 3.63) is 119 Å². The first-order valence-corrected chi connectivity index (χ1v) is 24.2. The van der Waals surface area contributed by atoms with Crippen LogP contribution in [0.2, 0.25) is 0 Å². The van der Waals surface area contributed by atoms with Gasteiger partial charge in [-0.05, 0) is 160 Å². The van der Waals surface area contributed by atoms with E-state index in [0.29, 0.717) is 86.2 Å². The van der Waals surface area contributed by atoms with Crippen LogP contribution in [0.1, 0.15) is 168 Å². The van der Waals surface area contributed by atoms with Crippen molar-refractivity contribution in [2.45, 2.75) is 156 Å². The van der Waals surface area contributed by atoms with Crippen molar-refractivity contribution in [1.29, 1.82) is 0 Å². The van der Waals surface area contributed by atoms with Gasteiger partial charge in [0.05, 0.1) is 23.7 Å². The van der Waals surface area contributed by atoms with E-state index in [-0.39, 0.29) is 50.4 Å². The molecule has 4 aromatic rings. The largest absolute Gasteiger partial charge is 0.426 e. The topological polar surface area (TPSA) is 105 Å². The summed E-state index contributed by atoms with van der Waals surface area (Å²) in [5.74, 6) is 1.81. The summed E-state index contributed by atoms with van der Waals surface area (Å²) in [7, 11) is 0. The van der Waals surface area contributed by atoms with E-state index in [0.717, 1.165) is 12.8 Å². The van der Waals surface area contributed by atoms with E-state index in [9.17, 15) is 19.2 Å². The predicted molar refractivity (Wildman–Crippen MR) is 258 cm³/mol. The van der Waals surface area contributed by atoms with E-state index in [4.69, 9.17) is 18.9 Å². The normalized spacial score (nSPS) is 18.4. The van der Waals surface area contributed by atoms with Crippen LogP contribution >= 0.6 is 0 Å². The molecule has 0 spiro atoms. The fraction of sp³-hybridized carbons (Fsp3) is 0.500. The van der Waals surface area contributed by atoms with Crippen molar-refractivity contribution < 1.29 is 41.0 Å². The molecule has 0 heterocycles. The molecule has 2 aliphatic carbocycles. The summed E-state index contributed by atoms with van der Waals surface area (Å²) < 4.78 is 22.3. The lowest BCUT2D eigenvalue weighted by Crippen LogP contribution is -2.30. The molecule has 4 aromatic carbocycles. The van der Waals surface area contributed by atoms with Gasteiger partial charge in [0.25, 0.3) is 0 Å². The Morgan fingerprint density at radius 2 is 0.641 bits per heavy atom. The van der Waals surface area contributed by atoms with E-state index < -0.39 is 0 Å². The Balaban J connectivity index is 0.000000342. The number of carbonyl (C=O) groups excluding carboxylic acids is 4. The highest BCUT2D eigenvalue weighted by Gasteiger charge is 2.33. The van der Waals surface area contributed by atoms with Crippen LogP contribution < -0.4 is 18.9 Å². The zero-order valence-corrected chi connectivity index (χ0v) is 39.3. The first-order chi connectivity index (χ1) is 30.9. The van der Waals surface area contributed by atoms with Crippen LogP contribution in [0.4, 0.5) is 0 Å². The maximum atomic E-state index is 12.6. The third-order valence-corrected chi connectivity index (χ3v) is 12.7. The number of hydrogen-bond donors (Lipinski definition) is 0. The number of rotatable bonds is 18. The Hall–Kier alpha value is -5.24. The number of aryl methyl sites for hydroxylation is 2. The fourth-order valence-electron chi connectivity index (χ4n) is 8.38. The summed E-state index contributed by atoms with van der Waals surface area (Å²) in [6, 6.07) is 31.1. The zero-order chi connectivity index (χ0) is 45.8. The summed E-state index contributed by atoms with van der Waals surface area (Å²) in [4.78, 5) is 50.2. The summed E-state index contributed by atoms with van der Waals surface area (Å²) >= 11 is 0. The van der Waals surface area contributed by atoms with Gasteiger partial charge in [-0.25, -0.2) is 0 Å². The van der Waals surface area contributed by atoms with Gasteiger partial charge < -0.3 is 18.9 Å². The van der Waals surface area contributed by atoms with Crippen LogP contribution in [-0.2, 0) is 32.0 Å². The van der Waals surface area contributed by atoms with Gasteiger partial charge in [-0.2, -0.15) is 0 Å². The SMILES string of the molecule is CC(C)c1ccc(OC(=O)C2CCC(C(=O)Oc3ccc(C(C)C)cc3)CC2)cc1.CCCCCc1ccc(OC(=O)C2CCC(C(=O)Oc3ccc(CCCCC)cc3)CC2)cc1.[HH].[HH]. The van der Waals surface area contributed by atoms with Gasteiger partial charge in [0.1, 0.15) is 23.0 Å². The molecule has 0 aromatic heterocycles. The van der Waals surface area contributed by atoms with Gasteiger partial charge in [-0.3, -0.25) is 19.2 Å². The van der Waals surface area contributed by atoms with E-state index in [2.05, 4.69) is 41.5 Å². The van der Waals surface area contributed by atoms with Crippen LogP contribution in [0, 0.1) is 23.7 Å². The minimum absolute atomic E-state index is 0. The van der Waals surface area contributed by atoms with E-state index >= 15 is 0 Å². The van der Waals surface area contributed by atoms with Crippen molar-refractivity contribution in [3.63, 3.8) is 0 Å². The molecule has 2 fully saturated rings. The van der Waals surface area contributed by atoms with Crippen LogP contribution in [0.15, 0.2) is 97.1 Å². The average Bonchev–Trinajstić information content (AvgIpc) is 3.31.